The van der Waals surface area contributed by atoms with Crippen LogP contribution in [0, 0.1) is 13.8 Å². The van der Waals surface area contributed by atoms with Crippen LogP contribution in [0.4, 0.5) is 0 Å². The van der Waals surface area contributed by atoms with Gasteiger partial charge in [0.1, 0.15) is 5.75 Å². The van der Waals surface area contributed by atoms with Gasteiger partial charge < -0.3 is 10.5 Å². The van der Waals surface area contributed by atoms with E-state index in [0.29, 0.717) is 6.42 Å². The Balaban J connectivity index is 2.43. The highest BCUT2D eigenvalue weighted by Crippen LogP contribution is 2.36. The molecule has 1 aliphatic heterocycles. The quantitative estimate of drug-likeness (QED) is 0.929. The normalized spacial score (nSPS) is 23.3. The van der Waals surface area contributed by atoms with Crippen LogP contribution >= 0.6 is 0 Å². The first-order chi connectivity index (χ1) is 9.38. The van der Waals surface area contributed by atoms with Gasteiger partial charge >= 0.3 is 0 Å². The van der Waals surface area contributed by atoms with E-state index in [-0.39, 0.29) is 5.75 Å². The van der Waals surface area contributed by atoms with Gasteiger partial charge in [0, 0.05) is 5.56 Å². The van der Waals surface area contributed by atoms with Gasteiger partial charge in [-0.05, 0) is 37.8 Å². The van der Waals surface area contributed by atoms with Gasteiger partial charge in [-0.2, -0.15) is 0 Å². The Morgan fingerprint density at radius 1 is 1.30 bits per heavy atom. The highest BCUT2D eigenvalue weighted by atomic mass is 32.2. The second-order valence-electron chi connectivity index (χ2n) is 5.56. The van der Waals surface area contributed by atoms with Gasteiger partial charge in [-0.1, -0.05) is 18.6 Å². The molecule has 112 valence electrons. The molecule has 4 nitrogen and oxygen atoms in total. The molecule has 2 N–H and O–H groups in total. The lowest BCUT2D eigenvalue weighted by molar-refractivity contribution is 0.398. The molecule has 1 saturated heterocycles. The van der Waals surface area contributed by atoms with Crippen molar-refractivity contribution in [3.63, 3.8) is 0 Å². The van der Waals surface area contributed by atoms with Crippen LogP contribution in [0.3, 0.4) is 0 Å². The fourth-order valence-electron chi connectivity index (χ4n) is 2.93. The molecule has 0 bridgehead atoms. The molecule has 1 aromatic carbocycles. The number of ether oxygens (including phenoxy) is 1. The summed E-state index contributed by atoms with van der Waals surface area (Å²) >= 11 is 0. The molecule has 0 spiro atoms. The summed E-state index contributed by atoms with van der Waals surface area (Å²) in [5.74, 6) is 0.969. The number of hydrogen-bond donors (Lipinski definition) is 1. The van der Waals surface area contributed by atoms with E-state index in [2.05, 4.69) is 0 Å². The Hall–Kier alpha value is -1.07. The summed E-state index contributed by atoms with van der Waals surface area (Å²) < 4.78 is 29.9. The predicted molar refractivity (Wildman–Crippen MR) is 80.8 cm³/mol. The van der Waals surface area contributed by atoms with Crippen molar-refractivity contribution >= 4 is 9.84 Å². The van der Waals surface area contributed by atoms with Crippen molar-refractivity contribution < 1.29 is 13.2 Å². The van der Waals surface area contributed by atoms with Gasteiger partial charge in [0.2, 0.25) is 0 Å². The monoisotopic (exact) mass is 297 g/mol. The van der Waals surface area contributed by atoms with E-state index in [1.807, 2.05) is 26.0 Å². The molecule has 1 heterocycles. The SMILES string of the molecule is COc1c(C(N)C2CCCCS2(=O)=O)ccc(C)c1C. The molecule has 1 aliphatic rings. The number of aryl methyl sites for hydroxylation is 1. The second-order valence-corrected chi connectivity index (χ2v) is 7.90. The van der Waals surface area contributed by atoms with Crippen molar-refractivity contribution in [3.8, 4) is 5.75 Å². The van der Waals surface area contributed by atoms with Crippen LogP contribution in [-0.4, -0.2) is 26.5 Å². The maximum absolute atomic E-state index is 12.2. The van der Waals surface area contributed by atoms with E-state index in [1.165, 1.54) is 0 Å². The van der Waals surface area contributed by atoms with E-state index < -0.39 is 21.1 Å². The molecule has 0 aromatic heterocycles. The Bertz CT molecular complexity index is 595. The number of methoxy groups -OCH3 is 1. The van der Waals surface area contributed by atoms with Gasteiger partial charge in [-0.25, -0.2) is 8.42 Å². The minimum Gasteiger partial charge on any atom is -0.496 e. The van der Waals surface area contributed by atoms with E-state index in [9.17, 15) is 8.42 Å². The molecular weight excluding hydrogens is 274 g/mol. The van der Waals surface area contributed by atoms with E-state index in [1.54, 1.807) is 7.11 Å². The topological polar surface area (TPSA) is 69.4 Å². The van der Waals surface area contributed by atoms with Gasteiger partial charge in [-0.15, -0.1) is 0 Å². The zero-order valence-corrected chi connectivity index (χ0v) is 13.2. The zero-order valence-electron chi connectivity index (χ0n) is 12.3. The summed E-state index contributed by atoms with van der Waals surface area (Å²) in [6.07, 6.45) is 2.31. The van der Waals surface area contributed by atoms with Crippen LogP contribution in [-0.2, 0) is 9.84 Å². The molecule has 2 atom stereocenters. The Kier molecular flexibility index (Phi) is 4.39. The summed E-state index contributed by atoms with van der Waals surface area (Å²) in [7, 11) is -1.49. The lowest BCUT2D eigenvalue weighted by atomic mass is 9.95. The lowest BCUT2D eigenvalue weighted by Crippen LogP contribution is -2.38. The van der Waals surface area contributed by atoms with E-state index in [4.69, 9.17) is 10.5 Å². The molecule has 1 fully saturated rings. The van der Waals surface area contributed by atoms with Crippen LogP contribution in [0.2, 0.25) is 0 Å². The van der Waals surface area contributed by atoms with Crippen molar-refractivity contribution in [1.82, 2.24) is 0 Å². The third-order valence-electron chi connectivity index (χ3n) is 4.30. The summed E-state index contributed by atoms with van der Waals surface area (Å²) in [6, 6.07) is 3.35. The first kappa shape index (κ1) is 15.3. The van der Waals surface area contributed by atoms with Gasteiger partial charge in [0.15, 0.2) is 9.84 Å². The van der Waals surface area contributed by atoms with E-state index >= 15 is 0 Å². The highest BCUT2D eigenvalue weighted by molar-refractivity contribution is 7.92. The average Bonchev–Trinajstić information content (AvgIpc) is 2.40. The average molecular weight is 297 g/mol. The second kappa shape index (κ2) is 5.74. The molecule has 20 heavy (non-hydrogen) atoms. The minimum atomic E-state index is -3.10. The zero-order chi connectivity index (χ0) is 14.9. The Morgan fingerprint density at radius 2 is 2.00 bits per heavy atom. The van der Waals surface area contributed by atoms with Crippen LogP contribution < -0.4 is 10.5 Å². The lowest BCUT2D eigenvalue weighted by Gasteiger charge is -2.29. The smallest absolute Gasteiger partial charge is 0.155 e. The third-order valence-corrected chi connectivity index (χ3v) is 6.61. The standard InChI is InChI=1S/C15H23NO3S/c1-10-7-8-12(15(19-3)11(10)2)14(16)13-6-4-5-9-20(13,17)18/h7-8,13-14H,4-6,9,16H2,1-3H3. The van der Waals surface area contributed by atoms with Crippen molar-refractivity contribution in [2.75, 3.05) is 12.9 Å². The Labute approximate surface area is 121 Å². The Morgan fingerprint density at radius 3 is 2.60 bits per heavy atom. The molecule has 2 unspecified atom stereocenters. The van der Waals surface area contributed by atoms with Crippen molar-refractivity contribution in [2.24, 2.45) is 5.73 Å². The van der Waals surface area contributed by atoms with Crippen LogP contribution in [0.25, 0.3) is 0 Å². The minimum absolute atomic E-state index is 0.249. The molecular formula is C15H23NO3S. The number of sulfone groups is 1. The van der Waals surface area contributed by atoms with Gasteiger partial charge in [0.05, 0.1) is 24.2 Å². The summed E-state index contributed by atoms with van der Waals surface area (Å²) in [5, 5.41) is -0.493. The first-order valence-corrected chi connectivity index (χ1v) is 8.71. The van der Waals surface area contributed by atoms with Crippen LogP contribution in [0.5, 0.6) is 5.75 Å². The molecule has 5 heteroatoms. The highest BCUT2D eigenvalue weighted by Gasteiger charge is 2.35. The van der Waals surface area contributed by atoms with Crippen LogP contribution in [0.1, 0.15) is 42.0 Å². The molecule has 1 aromatic rings. The van der Waals surface area contributed by atoms with E-state index in [0.717, 1.165) is 35.3 Å². The van der Waals surface area contributed by atoms with Crippen molar-refractivity contribution in [3.05, 3.63) is 28.8 Å². The van der Waals surface area contributed by atoms with Crippen LogP contribution in [0.15, 0.2) is 12.1 Å². The number of rotatable bonds is 3. The molecule has 0 aliphatic carbocycles. The molecule has 0 amide bonds. The number of nitrogens with two attached hydrogens (primary N) is 1. The fraction of sp³-hybridized carbons (Fsp3) is 0.600. The van der Waals surface area contributed by atoms with Crippen molar-refractivity contribution in [2.45, 2.75) is 44.4 Å². The molecule has 0 radical (unpaired) electrons. The molecule has 0 saturated carbocycles. The van der Waals surface area contributed by atoms with Gasteiger partial charge in [-0.3, -0.25) is 0 Å². The maximum atomic E-state index is 12.2. The molecule has 2 rings (SSSR count). The number of hydrogen-bond acceptors (Lipinski definition) is 4. The summed E-state index contributed by atoms with van der Waals surface area (Å²) in [6.45, 7) is 3.98. The fourth-order valence-corrected chi connectivity index (χ4v) is 4.96. The summed E-state index contributed by atoms with van der Waals surface area (Å²) in [5.41, 5.74) is 9.22. The predicted octanol–water partition coefficient (Wildman–Crippen LogP) is 2.28. The largest absolute Gasteiger partial charge is 0.496 e. The maximum Gasteiger partial charge on any atom is 0.155 e. The first-order valence-electron chi connectivity index (χ1n) is 6.99. The third kappa shape index (κ3) is 2.69. The summed E-state index contributed by atoms with van der Waals surface area (Å²) in [4.78, 5) is 0. The number of benzene rings is 1. The van der Waals surface area contributed by atoms with Gasteiger partial charge in [0.25, 0.3) is 0 Å². The van der Waals surface area contributed by atoms with Crippen molar-refractivity contribution in [1.29, 1.82) is 0 Å².